The molecule has 0 aromatic carbocycles. The van der Waals surface area contributed by atoms with Crippen molar-refractivity contribution < 1.29 is 9.59 Å². The predicted molar refractivity (Wildman–Crippen MR) is 60.4 cm³/mol. The van der Waals surface area contributed by atoms with E-state index in [1.54, 1.807) is 0 Å². The fourth-order valence-corrected chi connectivity index (χ4v) is 1.28. The molecule has 0 saturated carbocycles. The summed E-state index contributed by atoms with van der Waals surface area (Å²) in [5.41, 5.74) is 0.144. The smallest absolute Gasteiger partial charge is 0.216 e. The topological polar surface area (TPSA) is 58.2 Å². The van der Waals surface area contributed by atoms with Crippen LogP contribution in [0.4, 0.5) is 0 Å². The van der Waals surface area contributed by atoms with Crippen LogP contribution in [-0.4, -0.2) is 24.9 Å². The summed E-state index contributed by atoms with van der Waals surface area (Å²) in [7, 11) is 0. The molecule has 4 nitrogen and oxygen atoms in total. The minimum Gasteiger partial charge on any atom is -0.356 e. The van der Waals surface area contributed by atoms with Crippen molar-refractivity contribution in [3.8, 4) is 0 Å². The van der Waals surface area contributed by atoms with Gasteiger partial charge in [-0.25, -0.2) is 0 Å². The fourth-order valence-electron chi connectivity index (χ4n) is 1.28. The van der Waals surface area contributed by atoms with Gasteiger partial charge in [0.05, 0.1) is 0 Å². The molecule has 2 N–H and O–H groups in total. The lowest BCUT2D eigenvalue weighted by Crippen LogP contribution is -2.29. The molecule has 0 spiro atoms. The molecule has 0 aromatic heterocycles. The SMILES string of the molecule is CC(=O)NCCC(C)(C)CCNC(C)=O. The molecule has 0 atom stereocenters. The maximum absolute atomic E-state index is 10.7. The van der Waals surface area contributed by atoms with Crippen molar-refractivity contribution in [1.82, 2.24) is 10.6 Å². The van der Waals surface area contributed by atoms with E-state index in [4.69, 9.17) is 0 Å². The van der Waals surface area contributed by atoms with Crippen molar-refractivity contribution in [2.75, 3.05) is 13.1 Å². The van der Waals surface area contributed by atoms with E-state index in [1.165, 1.54) is 13.8 Å². The van der Waals surface area contributed by atoms with Crippen molar-refractivity contribution in [2.24, 2.45) is 5.41 Å². The summed E-state index contributed by atoms with van der Waals surface area (Å²) in [4.78, 5) is 21.3. The molecule has 0 aliphatic heterocycles. The van der Waals surface area contributed by atoms with E-state index >= 15 is 0 Å². The largest absolute Gasteiger partial charge is 0.356 e. The van der Waals surface area contributed by atoms with Crippen molar-refractivity contribution in [3.05, 3.63) is 0 Å². The van der Waals surface area contributed by atoms with E-state index in [0.29, 0.717) is 13.1 Å². The van der Waals surface area contributed by atoms with Crippen LogP contribution in [0, 0.1) is 5.41 Å². The highest BCUT2D eigenvalue weighted by atomic mass is 16.1. The normalized spacial score (nSPS) is 10.9. The summed E-state index contributed by atoms with van der Waals surface area (Å²) in [5.74, 6) is 0.0142. The molecule has 2 amide bonds. The number of carbonyl (C=O) groups is 2. The predicted octanol–water partition coefficient (Wildman–Crippen LogP) is 1.06. The van der Waals surface area contributed by atoms with Crippen LogP contribution >= 0.6 is 0 Å². The highest BCUT2D eigenvalue weighted by Crippen LogP contribution is 2.23. The molecule has 15 heavy (non-hydrogen) atoms. The second-order valence-electron chi connectivity index (χ2n) is 4.63. The molecule has 0 radical (unpaired) electrons. The van der Waals surface area contributed by atoms with Crippen LogP contribution in [0.25, 0.3) is 0 Å². The molecule has 0 heterocycles. The van der Waals surface area contributed by atoms with Gasteiger partial charge in [-0.2, -0.15) is 0 Å². The molecule has 0 rings (SSSR count). The molecule has 0 aromatic rings. The van der Waals surface area contributed by atoms with Crippen LogP contribution in [0.2, 0.25) is 0 Å². The van der Waals surface area contributed by atoms with E-state index in [9.17, 15) is 9.59 Å². The molecule has 0 bridgehead atoms. The quantitative estimate of drug-likeness (QED) is 0.694. The van der Waals surface area contributed by atoms with Gasteiger partial charge in [0.15, 0.2) is 0 Å². The van der Waals surface area contributed by atoms with E-state index < -0.39 is 0 Å². The van der Waals surface area contributed by atoms with E-state index in [0.717, 1.165) is 12.8 Å². The molecule has 0 saturated heterocycles. The molecule has 4 heteroatoms. The average molecular weight is 214 g/mol. The monoisotopic (exact) mass is 214 g/mol. The highest BCUT2D eigenvalue weighted by Gasteiger charge is 2.17. The summed E-state index contributed by atoms with van der Waals surface area (Å²) >= 11 is 0. The standard InChI is InChI=1S/C11H22N2O2/c1-9(14)12-7-5-11(3,4)6-8-13-10(2)15/h5-8H2,1-4H3,(H,12,14)(H,13,15). The second-order valence-corrected chi connectivity index (χ2v) is 4.63. The van der Waals surface area contributed by atoms with Gasteiger partial charge in [0, 0.05) is 26.9 Å². The lowest BCUT2D eigenvalue weighted by molar-refractivity contribution is -0.119. The lowest BCUT2D eigenvalue weighted by Gasteiger charge is -2.24. The Morgan fingerprint density at radius 1 is 0.933 bits per heavy atom. The zero-order chi connectivity index (χ0) is 11.9. The number of nitrogens with one attached hydrogen (secondary N) is 2. The lowest BCUT2D eigenvalue weighted by atomic mass is 9.85. The first-order valence-electron chi connectivity index (χ1n) is 5.32. The Hall–Kier alpha value is -1.06. The van der Waals surface area contributed by atoms with Gasteiger partial charge >= 0.3 is 0 Å². The zero-order valence-electron chi connectivity index (χ0n) is 10.1. The Bertz CT molecular complexity index is 203. The minimum atomic E-state index is 0.00709. The van der Waals surface area contributed by atoms with Crippen LogP contribution in [0.3, 0.4) is 0 Å². The van der Waals surface area contributed by atoms with Crippen molar-refractivity contribution >= 4 is 11.8 Å². The molecular weight excluding hydrogens is 192 g/mol. The Morgan fingerprint density at radius 2 is 1.27 bits per heavy atom. The van der Waals surface area contributed by atoms with Crippen molar-refractivity contribution in [2.45, 2.75) is 40.5 Å². The fraction of sp³-hybridized carbons (Fsp3) is 0.818. The van der Waals surface area contributed by atoms with Crippen molar-refractivity contribution in [1.29, 1.82) is 0 Å². The van der Waals surface area contributed by atoms with E-state index in [-0.39, 0.29) is 17.2 Å². The second kappa shape index (κ2) is 6.43. The summed E-state index contributed by atoms with van der Waals surface area (Å²) in [6, 6.07) is 0. The highest BCUT2D eigenvalue weighted by molar-refractivity contribution is 5.73. The van der Waals surface area contributed by atoms with Crippen molar-refractivity contribution in [3.63, 3.8) is 0 Å². The van der Waals surface area contributed by atoms with Crippen LogP contribution < -0.4 is 10.6 Å². The van der Waals surface area contributed by atoms with Gasteiger partial charge in [-0.1, -0.05) is 13.8 Å². The Labute approximate surface area is 91.8 Å². The first-order chi connectivity index (χ1) is 6.83. The summed E-state index contributed by atoms with van der Waals surface area (Å²) in [6.45, 7) is 8.70. The van der Waals surface area contributed by atoms with Crippen LogP contribution in [-0.2, 0) is 9.59 Å². The van der Waals surface area contributed by atoms with Gasteiger partial charge < -0.3 is 10.6 Å². The maximum atomic E-state index is 10.7. The van der Waals surface area contributed by atoms with Crippen LogP contribution in [0.5, 0.6) is 0 Å². The van der Waals surface area contributed by atoms with Gasteiger partial charge in [-0.3, -0.25) is 9.59 Å². The summed E-state index contributed by atoms with van der Waals surface area (Å²) in [5, 5.41) is 5.55. The number of hydrogen-bond acceptors (Lipinski definition) is 2. The van der Waals surface area contributed by atoms with Crippen LogP contribution in [0.1, 0.15) is 40.5 Å². The maximum Gasteiger partial charge on any atom is 0.216 e. The number of rotatable bonds is 6. The third-order valence-electron chi connectivity index (χ3n) is 2.35. The first-order valence-corrected chi connectivity index (χ1v) is 5.32. The Kier molecular flexibility index (Phi) is 5.97. The molecule has 0 fully saturated rings. The third kappa shape index (κ3) is 9.25. The van der Waals surface area contributed by atoms with E-state index in [1.807, 2.05) is 0 Å². The Morgan fingerprint density at radius 3 is 1.53 bits per heavy atom. The Balaban J connectivity index is 3.66. The van der Waals surface area contributed by atoms with Gasteiger partial charge in [0.1, 0.15) is 0 Å². The minimum absolute atomic E-state index is 0.00709. The first kappa shape index (κ1) is 13.9. The zero-order valence-corrected chi connectivity index (χ0v) is 10.1. The van der Waals surface area contributed by atoms with Gasteiger partial charge in [-0.15, -0.1) is 0 Å². The number of amides is 2. The number of carbonyl (C=O) groups excluding carboxylic acids is 2. The molecule has 88 valence electrons. The van der Waals surface area contributed by atoms with Gasteiger partial charge in [-0.05, 0) is 18.3 Å². The molecule has 0 unspecified atom stereocenters. The van der Waals surface area contributed by atoms with Crippen LogP contribution in [0.15, 0.2) is 0 Å². The molecular formula is C11H22N2O2. The van der Waals surface area contributed by atoms with E-state index in [2.05, 4.69) is 24.5 Å². The molecule has 0 aliphatic carbocycles. The summed E-state index contributed by atoms with van der Waals surface area (Å²) in [6.07, 6.45) is 1.85. The molecule has 0 aliphatic rings. The average Bonchev–Trinajstić information content (AvgIpc) is 2.01. The van der Waals surface area contributed by atoms with Gasteiger partial charge in [0.2, 0.25) is 11.8 Å². The number of hydrogen-bond donors (Lipinski definition) is 2. The van der Waals surface area contributed by atoms with Gasteiger partial charge in [0.25, 0.3) is 0 Å². The third-order valence-corrected chi connectivity index (χ3v) is 2.35. The summed E-state index contributed by atoms with van der Waals surface area (Å²) < 4.78 is 0.